The zero-order valence-corrected chi connectivity index (χ0v) is 11.7. The van der Waals surface area contributed by atoms with Gasteiger partial charge in [-0.1, -0.05) is 0 Å². The topological polar surface area (TPSA) is 47.7 Å². The molecular formula is C13H21N5. The molecule has 1 N–H and O–H groups in total. The number of hydrogen-bond donors (Lipinski definition) is 1. The quantitative estimate of drug-likeness (QED) is 0.885. The van der Waals surface area contributed by atoms with Gasteiger partial charge in [-0.25, -0.2) is 0 Å². The number of hydrogen-bond acceptors (Lipinski definition) is 3. The molecule has 2 aromatic heterocycles. The van der Waals surface area contributed by atoms with Crippen molar-refractivity contribution in [3.63, 3.8) is 0 Å². The summed E-state index contributed by atoms with van der Waals surface area (Å²) in [6.07, 6.45) is 4.91. The first kappa shape index (κ1) is 12.8. The summed E-state index contributed by atoms with van der Waals surface area (Å²) >= 11 is 0. The summed E-state index contributed by atoms with van der Waals surface area (Å²) in [5, 5.41) is 12.1. The fourth-order valence-corrected chi connectivity index (χ4v) is 2.32. The summed E-state index contributed by atoms with van der Waals surface area (Å²) in [6, 6.07) is 0.278. The van der Waals surface area contributed by atoms with E-state index in [1.807, 2.05) is 36.7 Å². The minimum atomic E-state index is 0.278. The van der Waals surface area contributed by atoms with Crippen LogP contribution < -0.4 is 5.32 Å². The minimum absolute atomic E-state index is 0.278. The first-order chi connectivity index (χ1) is 8.52. The third kappa shape index (κ3) is 2.31. The minimum Gasteiger partial charge on any atom is -0.313 e. The lowest BCUT2D eigenvalue weighted by Gasteiger charge is -2.14. The number of rotatable bonds is 4. The van der Waals surface area contributed by atoms with E-state index in [1.165, 1.54) is 16.8 Å². The van der Waals surface area contributed by atoms with Crippen molar-refractivity contribution < 1.29 is 0 Å². The Morgan fingerprint density at radius 3 is 2.50 bits per heavy atom. The van der Waals surface area contributed by atoms with Crippen LogP contribution in [0.15, 0.2) is 12.4 Å². The van der Waals surface area contributed by atoms with Crippen molar-refractivity contribution in [1.29, 1.82) is 0 Å². The zero-order valence-electron chi connectivity index (χ0n) is 11.7. The number of aryl methyl sites for hydroxylation is 3. The van der Waals surface area contributed by atoms with Gasteiger partial charge in [0.05, 0.1) is 11.9 Å². The SMILES string of the molecule is CNC(Cc1c(C)nn(C)c1C)c1cnn(C)c1. The summed E-state index contributed by atoms with van der Waals surface area (Å²) in [6.45, 7) is 4.18. The Bertz CT molecular complexity index is 538. The van der Waals surface area contributed by atoms with Crippen molar-refractivity contribution in [2.24, 2.45) is 14.1 Å². The molecule has 0 aliphatic heterocycles. The van der Waals surface area contributed by atoms with Crippen LogP contribution in [0.5, 0.6) is 0 Å². The zero-order chi connectivity index (χ0) is 13.3. The molecule has 0 aliphatic rings. The Hall–Kier alpha value is -1.62. The molecule has 2 aromatic rings. The first-order valence-corrected chi connectivity index (χ1v) is 6.17. The van der Waals surface area contributed by atoms with Crippen LogP contribution in [0.4, 0.5) is 0 Å². The molecule has 98 valence electrons. The molecule has 0 bridgehead atoms. The molecule has 1 atom stereocenters. The van der Waals surface area contributed by atoms with E-state index < -0.39 is 0 Å². The molecule has 0 aliphatic carbocycles. The molecule has 18 heavy (non-hydrogen) atoms. The summed E-state index contributed by atoms with van der Waals surface area (Å²) < 4.78 is 3.78. The predicted molar refractivity (Wildman–Crippen MR) is 71.4 cm³/mol. The smallest absolute Gasteiger partial charge is 0.0629 e. The molecule has 0 radical (unpaired) electrons. The van der Waals surface area contributed by atoms with Crippen molar-refractivity contribution in [1.82, 2.24) is 24.9 Å². The second-order valence-electron chi connectivity index (χ2n) is 4.77. The van der Waals surface area contributed by atoms with Crippen LogP contribution in [0.1, 0.15) is 28.6 Å². The van der Waals surface area contributed by atoms with Crippen molar-refractivity contribution >= 4 is 0 Å². The molecule has 5 nitrogen and oxygen atoms in total. The molecule has 0 fully saturated rings. The normalized spacial score (nSPS) is 12.9. The van der Waals surface area contributed by atoms with Gasteiger partial charge in [-0.3, -0.25) is 9.36 Å². The average Bonchev–Trinajstić information content (AvgIpc) is 2.84. The summed E-state index contributed by atoms with van der Waals surface area (Å²) in [5.74, 6) is 0. The molecule has 0 saturated carbocycles. The molecule has 0 amide bonds. The van der Waals surface area contributed by atoms with Gasteiger partial charge in [0, 0.05) is 37.6 Å². The molecule has 1 unspecified atom stereocenters. The highest BCUT2D eigenvalue weighted by Gasteiger charge is 2.17. The van der Waals surface area contributed by atoms with E-state index in [2.05, 4.69) is 35.6 Å². The molecule has 0 saturated heterocycles. The maximum absolute atomic E-state index is 4.46. The lowest BCUT2D eigenvalue weighted by molar-refractivity contribution is 0.587. The third-order valence-electron chi connectivity index (χ3n) is 3.54. The largest absolute Gasteiger partial charge is 0.313 e. The van der Waals surface area contributed by atoms with Crippen LogP contribution in [0.25, 0.3) is 0 Å². The van der Waals surface area contributed by atoms with Crippen LogP contribution in [-0.2, 0) is 20.5 Å². The van der Waals surface area contributed by atoms with E-state index in [4.69, 9.17) is 0 Å². The number of nitrogens with zero attached hydrogens (tertiary/aromatic N) is 4. The van der Waals surface area contributed by atoms with Gasteiger partial charge in [-0.15, -0.1) is 0 Å². The maximum atomic E-state index is 4.46. The fraction of sp³-hybridized carbons (Fsp3) is 0.538. The third-order valence-corrected chi connectivity index (χ3v) is 3.54. The van der Waals surface area contributed by atoms with Crippen molar-refractivity contribution in [2.75, 3.05) is 7.05 Å². The molecule has 2 rings (SSSR count). The average molecular weight is 247 g/mol. The lowest BCUT2D eigenvalue weighted by Crippen LogP contribution is -2.19. The Labute approximate surface area is 108 Å². The summed E-state index contributed by atoms with van der Waals surface area (Å²) in [4.78, 5) is 0. The summed E-state index contributed by atoms with van der Waals surface area (Å²) in [7, 11) is 5.92. The van der Waals surface area contributed by atoms with Crippen LogP contribution >= 0.6 is 0 Å². The molecule has 0 aromatic carbocycles. The Morgan fingerprint density at radius 2 is 2.06 bits per heavy atom. The highest BCUT2D eigenvalue weighted by molar-refractivity contribution is 5.27. The molecule has 5 heteroatoms. The van der Waals surface area contributed by atoms with Gasteiger partial charge >= 0.3 is 0 Å². The Morgan fingerprint density at radius 1 is 1.33 bits per heavy atom. The number of likely N-dealkylation sites (N-methyl/N-ethyl adjacent to an activating group) is 1. The van der Waals surface area contributed by atoms with Gasteiger partial charge in [0.15, 0.2) is 0 Å². The second-order valence-corrected chi connectivity index (χ2v) is 4.77. The highest BCUT2D eigenvalue weighted by Crippen LogP contribution is 2.21. The first-order valence-electron chi connectivity index (χ1n) is 6.17. The monoisotopic (exact) mass is 247 g/mol. The van der Waals surface area contributed by atoms with E-state index >= 15 is 0 Å². The molecule has 0 spiro atoms. The van der Waals surface area contributed by atoms with Gasteiger partial charge in [0.25, 0.3) is 0 Å². The summed E-state index contributed by atoms with van der Waals surface area (Å²) in [5.41, 5.74) is 4.87. The van der Waals surface area contributed by atoms with Crippen molar-refractivity contribution in [3.8, 4) is 0 Å². The number of aromatic nitrogens is 4. The number of nitrogens with one attached hydrogen (secondary N) is 1. The van der Waals surface area contributed by atoms with E-state index in [0.717, 1.165) is 12.1 Å². The predicted octanol–water partition coefficient (Wildman–Crippen LogP) is 1.27. The highest BCUT2D eigenvalue weighted by atomic mass is 15.3. The van der Waals surface area contributed by atoms with Gasteiger partial charge in [0.1, 0.15) is 0 Å². The fourth-order valence-electron chi connectivity index (χ4n) is 2.32. The van der Waals surface area contributed by atoms with Gasteiger partial charge in [-0.2, -0.15) is 10.2 Å². The van der Waals surface area contributed by atoms with Crippen molar-refractivity contribution in [3.05, 3.63) is 34.9 Å². The Kier molecular flexibility index (Phi) is 3.52. The second kappa shape index (κ2) is 4.94. The van der Waals surface area contributed by atoms with E-state index in [9.17, 15) is 0 Å². The Balaban J connectivity index is 2.25. The van der Waals surface area contributed by atoms with Crippen LogP contribution in [0.2, 0.25) is 0 Å². The standard InChI is InChI=1S/C13H21N5/c1-9-12(10(2)18(5)16-9)6-13(14-3)11-7-15-17(4)8-11/h7-8,13-14H,6H2,1-5H3. The van der Waals surface area contributed by atoms with E-state index in [0.29, 0.717) is 0 Å². The van der Waals surface area contributed by atoms with E-state index in [1.54, 1.807) is 0 Å². The van der Waals surface area contributed by atoms with Crippen LogP contribution in [-0.4, -0.2) is 26.6 Å². The van der Waals surface area contributed by atoms with Crippen LogP contribution in [0, 0.1) is 13.8 Å². The van der Waals surface area contributed by atoms with Crippen molar-refractivity contribution in [2.45, 2.75) is 26.3 Å². The van der Waals surface area contributed by atoms with Crippen LogP contribution in [0.3, 0.4) is 0 Å². The lowest BCUT2D eigenvalue weighted by atomic mass is 10.0. The molecular weight excluding hydrogens is 226 g/mol. The van der Waals surface area contributed by atoms with Gasteiger partial charge in [0.2, 0.25) is 0 Å². The van der Waals surface area contributed by atoms with Gasteiger partial charge in [-0.05, 0) is 32.9 Å². The maximum Gasteiger partial charge on any atom is 0.0629 e. The van der Waals surface area contributed by atoms with E-state index in [-0.39, 0.29) is 6.04 Å². The molecule has 2 heterocycles. The van der Waals surface area contributed by atoms with Gasteiger partial charge < -0.3 is 5.32 Å².